The summed E-state index contributed by atoms with van der Waals surface area (Å²) in [5.74, 6) is 1.70. The number of nitrogens with one attached hydrogen (secondary N) is 1. The Hall–Kier alpha value is -0.820. The summed E-state index contributed by atoms with van der Waals surface area (Å²) >= 11 is 0. The molecule has 1 nitrogen and oxygen atoms in total. The Labute approximate surface area is 118 Å². The van der Waals surface area contributed by atoms with Crippen molar-refractivity contribution in [3.05, 3.63) is 35.4 Å². The third kappa shape index (κ3) is 5.36. The van der Waals surface area contributed by atoms with E-state index in [4.69, 9.17) is 0 Å². The SMILES string of the molecule is CC(C)CCCC(C)NCc1cccc(C2CC2)c1. The molecule has 0 aromatic heterocycles. The number of hydrogen-bond donors (Lipinski definition) is 1. The standard InChI is InChI=1S/C18H29N/c1-14(2)6-4-7-15(3)19-13-16-8-5-9-18(12-16)17-10-11-17/h5,8-9,12,14-15,17,19H,4,6-7,10-11,13H2,1-3H3. The maximum Gasteiger partial charge on any atom is 0.0208 e. The zero-order valence-electron chi connectivity index (χ0n) is 12.8. The molecule has 1 N–H and O–H groups in total. The molecule has 0 saturated heterocycles. The zero-order valence-corrected chi connectivity index (χ0v) is 12.8. The van der Waals surface area contributed by atoms with Crippen LogP contribution in [-0.2, 0) is 6.54 Å². The second-order valence-corrected chi connectivity index (χ2v) is 6.63. The molecule has 19 heavy (non-hydrogen) atoms. The molecular weight excluding hydrogens is 230 g/mol. The minimum absolute atomic E-state index is 0.628. The lowest BCUT2D eigenvalue weighted by molar-refractivity contribution is 0.457. The van der Waals surface area contributed by atoms with Gasteiger partial charge in [0, 0.05) is 12.6 Å². The van der Waals surface area contributed by atoms with Crippen molar-refractivity contribution in [2.24, 2.45) is 5.92 Å². The van der Waals surface area contributed by atoms with Crippen molar-refractivity contribution in [1.82, 2.24) is 5.32 Å². The van der Waals surface area contributed by atoms with Crippen molar-refractivity contribution in [1.29, 1.82) is 0 Å². The van der Waals surface area contributed by atoms with Gasteiger partial charge in [-0.2, -0.15) is 0 Å². The fourth-order valence-electron chi connectivity index (χ4n) is 2.60. The minimum atomic E-state index is 0.628. The number of hydrogen-bond acceptors (Lipinski definition) is 1. The summed E-state index contributed by atoms with van der Waals surface area (Å²) in [7, 11) is 0. The fraction of sp³-hybridized carbons (Fsp3) is 0.667. The van der Waals surface area contributed by atoms with Gasteiger partial charge in [-0.1, -0.05) is 51.0 Å². The molecule has 1 atom stereocenters. The van der Waals surface area contributed by atoms with Crippen molar-refractivity contribution in [2.45, 2.75) is 71.4 Å². The molecule has 1 aromatic rings. The lowest BCUT2D eigenvalue weighted by atomic mass is 10.0. The molecule has 0 spiro atoms. The fourth-order valence-corrected chi connectivity index (χ4v) is 2.60. The van der Waals surface area contributed by atoms with E-state index in [1.165, 1.54) is 37.7 Å². The highest BCUT2D eigenvalue weighted by Crippen LogP contribution is 2.40. The van der Waals surface area contributed by atoms with Gasteiger partial charge in [-0.25, -0.2) is 0 Å². The molecule has 1 aliphatic carbocycles. The van der Waals surface area contributed by atoms with E-state index in [-0.39, 0.29) is 0 Å². The van der Waals surface area contributed by atoms with E-state index in [9.17, 15) is 0 Å². The monoisotopic (exact) mass is 259 g/mol. The van der Waals surface area contributed by atoms with Gasteiger partial charge < -0.3 is 5.32 Å². The molecule has 0 heterocycles. The highest BCUT2D eigenvalue weighted by atomic mass is 14.9. The molecule has 1 aromatic carbocycles. The summed E-state index contributed by atoms with van der Waals surface area (Å²) in [5.41, 5.74) is 2.99. The smallest absolute Gasteiger partial charge is 0.0208 e. The summed E-state index contributed by atoms with van der Waals surface area (Å²) in [6.45, 7) is 7.94. The Morgan fingerprint density at radius 3 is 2.63 bits per heavy atom. The zero-order chi connectivity index (χ0) is 13.7. The van der Waals surface area contributed by atoms with Crippen LogP contribution in [0.15, 0.2) is 24.3 Å². The molecule has 0 aliphatic heterocycles. The molecule has 1 aliphatic rings. The second kappa shape index (κ2) is 7.09. The first-order chi connectivity index (χ1) is 9.15. The van der Waals surface area contributed by atoms with Crippen molar-refractivity contribution in [2.75, 3.05) is 0 Å². The van der Waals surface area contributed by atoms with Crippen molar-refractivity contribution >= 4 is 0 Å². The topological polar surface area (TPSA) is 12.0 Å². The molecule has 0 radical (unpaired) electrons. The summed E-state index contributed by atoms with van der Waals surface area (Å²) in [5, 5.41) is 3.66. The highest BCUT2D eigenvalue weighted by Gasteiger charge is 2.23. The van der Waals surface area contributed by atoms with Gasteiger partial charge in [0.2, 0.25) is 0 Å². The minimum Gasteiger partial charge on any atom is -0.310 e. The molecule has 1 heteroatoms. The van der Waals surface area contributed by atoms with E-state index in [1.807, 2.05) is 0 Å². The van der Waals surface area contributed by atoms with Crippen molar-refractivity contribution in [3.8, 4) is 0 Å². The summed E-state index contributed by atoms with van der Waals surface area (Å²) in [6.07, 6.45) is 6.77. The molecule has 1 saturated carbocycles. The van der Waals surface area contributed by atoms with Crippen LogP contribution in [0.5, 0.6) is 0 Å². The third-order valence-electron chi connectivity index (χ3n) is 4.07. The van der Waals surface area contributed by atoms with Gasteiger partial charge in [0.15, 0.2) is 0 Å². The highest BCUT2D eigenvalue weighted by molar-refractivity contribution is 5.29. The van der Waals surface area contributed by atoms with Crippen LogP contribution in [0.2, 0.25) is 0 Å². The molecule has 0 amide bonds. The van der Waals surface area contributed by atoms with E-state index in [0.717, 1.165) is 18.4 Å². The number of benzene rings is 1. The average Bonchev–Trinajstić information content (AvgIpc) is 3.20. The Balaban J connectivity index is 1.70. The Morgan fingerprint density at radius 1 is 1.16 bits per heavy atom. The molecular formula is C18H29N. The Morgan fingerprint density at radius 2 is 1.95 bits per heavy atom. The van der Waals surface area contributed by atoms with Gasteiger partial charge in [-0.05, 0) is 49.1 Å². The van der Waals surface area contributed by atoms with Gasteiger partial charge >= 0.3 is 0 Å². The van der Waals surface area contributed by atoms with Crippen LogP contribution in [0.4, 0.5) is 0 Å². The van der Waals surface area contributed by atoms with Crippen molar-refractivity contribution in [3.63, 3.8) is 0 Å². The van der Waals surface area contributed by atoms with Gasteiger partial charge in [0.1, 0.15) is 0 Å². The van der Waals surface area contributed by atoms with Crippen LogP contribution in [0.3, 0.4) is 0 Å². The first-order valence-corrected chi connectivity index (χ1v) is 7.97. The maximum atomic E-state index is 3.66. The van der Waals surface area contributed by atoms with Crippen LogP contribution < -0.4 is 5.32 Å². The van der Waals surface area contributed by atoms with Gasteiger partial charge in [0.05, 0.1) is 0 Å². The van der Waals surface area contributed by atoms with E-state index < -0.39 is 0 Å². The van der Waals surface area contributed by atoms with Gasteiger partial charge in [-0.3, -0.25) is 0 Å². The van der Waals surface area contributed by atoms with E-state index in [2.05, 4.69) is 50.4 Å². The largest absolute Gasteiger partial charge is 0.310 e. The van der Waals surface area contributed by atoms with Crippen molar-refractivity contribution < 1.29 is 0 Å². The van der Waals surface area contributed by atoms with Crippen LogP contribution in [0, 0.1) is 5.92 Å². The summed E-state index contributed by atoms with van der Waals surface area (Å²) in [6, 6.07) is 9.77. The lowest BCUT2D eigenvalue weighted by Gasteiger charge is -2.15. The van der Waals surface area contributed by atoms with E-state index in [1.54, 1.807) is 5.56 Å². The quantitative estimate of drug-likeness (QED) is 0.702. The second-order valence-electron chi connectivity index (χ2n) is 6.63. The van der Waals surface area contributed by atoms with Gasteiger partial charge in [0.25, 0.3) is 0 Å². The summed E-state index contributed by atoms with van der Waals surface area (Å²) < 4.78 is 0. The predicted octanol–water partition coefficient (Wildman–Crippen LogP) is 4.87. The Kier molecular flexibility index (Phi) is 5.45. The normalized spacial score (nSPS) is 16.8. The molecule has 0 bridgehead atoms. The predicted molar refractivity (Wildman–Crippen MR) is 83.4 cm³/mol. The third-order valence-corrected chi connectivity index (χ3v) is 4.07. The molecule has 1 fully saturated rings. The molecule has 1 unspecified atom stereocenters. The molecule has 2 rings (SSSR count). The Bertz CT molecular complexity index is 379. The first kappa shape index (κ1) is 14.6. The van der Waals surface area contributed by atoms with Crippen LogP contribution in [0.1, 0.15) is 69.9 Å². The van der Waals surface area contributed by atoms with E-state index in [0.29, 0.717) is 6.04 Å². The lowest BCUT2D eigenvalue weighted by Crippen LogP contribution is -2.25. The average molecular weight is 259 g/mol. The summed E-state index contributed by atoms with van der Waals surface area (Å²) in [4.78, 5) is 0. The maximum absolute atomic E-state index is 3.66. The molecule has 106 valence electrons. The van der Waals surface area contributed by atoms with Crippen LogP contribution in [-0.4, -0.2) is 6.04 Å². The number of rotatable bonds is 8. The van der Waals surface area contributed by atoms with E-state index >= 15 is 0 Å². The van der Waals surface area contributed by atoms with Crippen LogP contribution in [0.25, 0.3) is 0 Å². The van der Waals surface area contributed by atoms with Gasteiger partial charge in [-0.15, -0.1) is 0 Å². The first-order valence-electron chi connectivity index (χ1n) is 7.97. The van der Waals surface area contributed by atoms with Crippen LogP contribution >= 0.6 is 0 Å².